The highest BCUT2D eigenvalue weighted by atomic mass is 16.5. The lowest BCUT2D eigenvalue weighted by molar-refractivity contribution is 0.0669. The average Bonchev–Trinajstić information content (AvgIpc) is 3.49. The van der Waals surface area contributed by atoms with Crippen LogP contribution < -0.4 is 15.6 Å². The van der Waals surface area contributed by atoms with Crippen molar-refractivity contribution in [3.05, 3.63) is 71.9 Å². The Morgan fingerprint density at radius 3 is 2.63 bits per heavy atom. The van der Waals surface area contributed by atoms with E-state index in [-0.39, 0.29) is 11.8 Å². The topological polar surface area (TPSA) is 105 Å². The SMILES string of the molecule is O=C(NNC(=O)c1ccccc1OCC1CCCO1)c1cc(-c2ccccc2)n[nH]1. The molecule has 1 atom stereocenters. The molecule has 2 amide bonds. The van der Waals surface area contributed by atoms with Crippen molar-refractivity contribution in [2.24, 2.45) is 0 Å². The lowest BCUT2D eigenvalue weighted by atomic mass is 10.1. The molecule has 0 radical (unpaired) electrons. The van der Waals surface area contributed by atoms with E-state index in [0.29, 0.717) is 23.6 Å². The van der Waals surface area contributed by atoms with E-state index >= 15 is 0 Å². The van der Waals surface area contributed by atoms with Gasteiger partial charge in [-0.3, -0.25) is 25.5 Å². The third-order valence-corrected chi connectivity index (χ3v) is 4.76. The normalized spacial score (nSPS) is 15.5. The fourth-order valence-electron chi connectivity index (χ4n) is 3.18. The summed E-state index contributed by atoms with van der Waals surface area (Å²) in [5, 5.41) is 6.82. The van der Waals surface area contributed by atoms with Crippen LogP contribution in [0.15, 0.2) is 60.7 Å². The number of amides is 2. The Kier molecular flexibility index (Phi) is 6.05. The van der Waals surface area contributed by atoms with Gasteiger partial charge in [-0.15, -0.1) is 0 Å². The molecule has 0 spiro atoms. The van der Waals surface area contributed by atoms with Gasteiger partial charge in [0.1, 0.15) is 18.1 Å². The number of aromatic nitrogens is 2. The molecule has 0 bridgehead atoms. The second kappa shape index (κ2) is 9.23. The van der Waals surface area contributed by atoms with Crippen molar-refractivity contribution in [1.82, 2.24) is 21.0 Å². The molecular formula is C22H22N4O4. The molecule has 3 N–H and O–H groups in total. The fraction of sp³-hybridized carbons (Fsp3) is 0.227. The van der Waals surface area contributed by atoms with Gasteiger partial charge in [-0.05, 0) is 31.0 Å². The van der Waals surface area contributed by atoms with Crippen molar-refractivity contribution >= 4 is 11.8 Å². The predicted octanol–water partition coefficient (Wildman–Crippen LogP) is 2.71. The highest BCUT2D eigenvalue weighted by Gasteiger charge is 2.19. The van der Waals surface area contributed by atoms with E-state index in [1.807, 2.05) is 30.3 Å². The van der Waals surface area contributed by atoms with Gasteiger partial charge in [-0.25, -0.2) is 0 Å². The Labute approximate surface area is 173 Å². The standard InChI is InChI=1S/C22H22N4O4/c27-21(17-10-4-5-11-20(17)30-14-16-9-6-12-29-16)25-26-22(28)19-13-18(23-24-19)15-7-2-1-3-8-15/h1-5,7-8,10-11,13,16H,6,9,12,14H2,(H,23,24)(H,25,27)(H,26,28). The summed E-state index contributed by atoms with van der Waals surface area (Å²) < 4.78 is 11.3. The first-order valence-corrected chi connectivity index (χ1v) is 9.75. The highest BCUT2D eigenvalue weighted by molar-refractivity contribution is 6.00. The maximum absolute atomic E-state index is 12.6. The molecule has 8 nitrogen and oxygen atoms in total. The Hall–Kier alpha value is -3.65. The van der Waals surface area contributed by atoms with Crippen LogP contribution in [0.25, 0.3) is 11.3 Å². The first-order chi connectivity index (χ1) is 14.7. The predicted molar refractivity (Wildman–Crippen MR) is 110 cm³/mol. The van der Waals surface area contributed by atoms with Crippen molar-refractivity contribution in [1.29, 1.82) is 0 Å². The van der Waals surface area contributed by atoms with Crippen molar-refractivity contribution in [2.75, 3.05) is 13.2 Å². The zero-order chi connectivity index (χ0) is 20.8. The van der Waals surface area contributed by atoms with Gasteiger partial charge in [0.2, 0.25) is 0 Å². The number of nitrogens with zero attached hydrogens (tertiary/aromatic N) is 1. The van der Waals surface area contributed by atoms with E-state index in [9.17, 15) is 9.59 Å². The molecule has 154 valence electrons. The third-order valence-electron chi connectivity index (χ3n) is 4.76. The molecule has 1 aliphatic heterocycles. The molecular weight excluding hydrogens is 384 g/mol. The van der Waals surface area contributed by atoms with Gasteiger partial charge in [-0.2, -0.15) is 5.10 Å². The number of hydrazine groups is 1. The number of carbonyl (C=O) groups excluding carboxylic acids is 2. The van der Waals surface area contributed by atoms with Gasteiger partial charge in [0.05, 0.1) is 17.4 Å². The fourth-order valence-corrected chi connectivity index (χ4v) is 3.18. The summed E-state index contributed by atoms with van der Waals surface area (Å²) in [7, 11) is 0. The largest absolute Gasteiger partial charge is 0.490 e. The minimum Gasteiger partial charge on any atom is -0.490 e. The number of hydrogen-bond acceptors (Lipinski definition) is 5. The van der Waals surface area contributed by atoms with Gasteiger partial charge in [0.15, 0.2) is 0 Å². The molecule has 2 heterocycles. The molecule has 30 heavy (non-hydrogen) atoms. The van der Waals surface area contributed by atoms with Crippen LogP contribution in [0.4, 0.5) is 0 Å². The summed E-state index contributed by atoms with van der Waals surface area (Å²) in [5.74, 6) is -0.544. The van der Waals surface area contributed by atoms with Crippen LogP contribution in [-0.4, -0.2) is 41.3 Å². The molecule has 3 aromatic rings. The van der Waals surface area contributed by atoms with E-state index in [1.54, 1.807) is 30.3 Å². The smallest absolute Gasteiger partial charge is 0.287 e. The van der Waals surface area contributed by atoms with Crippen molar-refractivity contribution in [3.63, 3.8) is 0 Å². The molecule has 4 rings (SSSR count). The van der Waals surface area contributed by atoms with Crippen LogP contribution in [0.5, 0.6) is 5.75 Å². The molecule has 8 heteroatoms. The second-order valence-corrected chi connectivity index (χ2v) is 6.88. The van der Waals surface area contributed by atoms with Crippen LogP contribution in [0.2, 0.25) is 0 Å². The number of nitrogens with one attached hydrogen (secondary N) is 3. The Balaban J connectivity index is 1.35. The first kappa shape index (κ1) is 19.7. The minimum absolute atomic E-state index is 0.0417. The zero-order valence-electron chi connectivity index (χ0n) is 16.3. The molecule has 1 aliphatic rings. The lowest BCUT2D eigenvalue weighted by Crippen LogP contribution is -2.42. The van der Waals surface area contributed by atoms with Crippen molar-refractivity contribution in [3.8, 4) is 17.0 Å². The van der Waals surface area contributed by atoms with Crippen LogP contribution in [0.3, 0.4) is 0 Å². The van der Waals surface area contributed by atoms with E-state index in [1.165, 1.54) is 0 Å². The number of para-hydroxylation sites is 1. The molecule has 1 saturated heterocycles. The van der Waals surface area contributed by atoms with Crippen molar-refractivity contribution < 1.29 is 19.1 Å². The Bertz CT molecular complexity index is 1010. The van der Waals surface area contributed by atoms with Crippen LogP contribution in [0.1, 0.15) is 33.7 Å². The number of H-pyrrole nitrogens is 1. The molecule has 0 aliphatic carbocycles. The maximum Gasteiger partial charge on any atom is 0.287 e. The number of ether oxygens (including phenoxy) is 2. The first-order valence-electron chi connectivity index (χ1n) is 9.75. The summed E-state index contributed by atoms with van der Waals surface area (Å²) in [6.07, 6.45) is 2.00. The second-order valence-electron chi connectivity index (χ2n) is 6.88. The van der Waals surface area contributed by atoms with Gasteiger partial charge >= 0.3 is 0 Å². The van der Waals surface area contributed by atoms with Crippen molar-refractivity contribution in [2.45, 2.75) is 18.9 Å². The highest BCUT2D eigenvalue weighted by Crippen LogP contribution is 2.20. The van der Waals surface area contributed by atoms with Crippen LogP contribution in [0, 0.1) is 0 Å². The van der Waals surface area contributed by atoms with Crippen LogP contribution >= 0.6 is 0 Å². The van der Waals surface area contributed by atoms with Gasteiger partial charge in [0, 0.05) is 12.2 Å². The van der Waals surface area contributed by atoms with Gasteiger partial charge < -0.3 is 9.47 Å². The average molecular weight is 406 g/mol. The zero-order valence-corrected chi connectivity index (χ0v) is 16.3. The summed E-state index contributed by atoms with van der Waals surface area (Å²) in [4.78, 5) is 24.9. The Morgan fingerprint density at radius 2 is 1.83 bits per heavy atom. The molecule has 1 unspecified atom stereocenters. The molecule has 2 aromatic carbocycles. The quantitative estimate of drug-likeness (QED) is 0.546. The van der Waals surface area contributed by atoms with E-state index in [4.69, 9.17) is 9.47 Å². The van der Waals surface area contributed by atoms with Gasteiger partial charge in [0.25, 0.3) is 11.8 Å². The Morgan fingerprint density at radius 1 is 1.07 bits per heavy atom. The molecule has 1 aromatic heterocycles. The van der Waals surface area contributed by atoms with E-state index < -0.39 is 11.8 Å². The summed E-state index contributed by atoms with van der Waals surface area (Å²) in [5.41, 5.74) is 6.89. The number of carbonyl (C=O) groups is 2. The number of rotatable bonds is 6. The van der Waals surface area contributed by atoms with E-state index in [0.717, 1.165) is 25.0 Å². The molecule has 1 fully saturated rings. The van der Waals surface area contributed by atoms with E-state index in [2.05, 4.69) is 21.0 Å². The van der Waals surface area contributed by atoms with Gasteiger partial charge in [-0.1, -0.05) is 42.5 Å². The maximum atomic E-state index is 12.6. The lowest BCUT2D eigenvalue weighted by Gasteiger charge is -2.14. The third kappa shape index (κ3) is 4.66. The summed E-state index contributed by atoms with van der Waals surface area (Å²) in [6, 6.07) is 18.0. The summed E-state index contributed by atoms with van der Waals surface area (Å²) in [6.45, 7) is 1.12. The number of benzene rings is 2. The number of hydrogen-bond donors (Lipinski definition) is 3. The minimum atomic E-state index is -0.504. The number of aromatic amines is 1. The monoisotopic (exact) mass is 406 g/mol. The summed E-state index contributed by atoms with van der Waals surface area (Å²) >= 11 is 0. The molecule has 0 saturated carbocycles. The van der Waals surface area contributed by atoms with Crippen LogP contribution in [-0.2, 0) is 4.74 Å².